The van der Waals surface area contributed by atoms with Crippen LogP contribution in [-0.4, -0.2) is 41.9 Å². The second-order valence-electron chi connectivity index (χ2n) is 8.49. The number of benzene rings is 3. The smallest absolute Gasteiger partial charge is 0.255 e. The van der Waals surface area contributed by atoms with Crippen LogP contribution in [0, 0.1) is 0 Å². The van der Waals surface area contributed by atoms with Crippen molar-refractivity contribution in [3.05, 3.63) is 84.1 Å². The van der Waals surface area contributed by atoms with Crippen LogP contribution < -0.4 is 14.8 Å². The lowest BCUT2D eigenvalue weighted by atomic mass is 10.00. The number of aromatic amines is 1. The van der Waals surface area contributed by atoms with Crippen molar-refractivity contribution < 1.29 is 19.4 Å². The molecule has 1 aromatic heterocycles. The van der Waals surface area contributed by atoms with Crippen LogP contribution in [0.2, 0.25) is 0 Å². The summed E-state index contributed by atoms with van der Waals surface area (Å²) in [5.41, 5.74) is 4.20. The first-order chi connectivity index (χ1) is 16.5. The third kappa shape index (κ3) is 5.07. The predicted molar refractivity (Wildman–Crippen MR) is 135 cm³/mol. The minimum atomic E-state index is -0.450. The summed E-state index contributed by atoms with van der Waals surface area (Å²) >= 11 is 0. The van der Waals surface area contributed by atoms with E-state index in [1.807, 2.05) is 86.8 Å². The maximum absolute atomic E-state index is 13.4. The number of H-pyrrole nitrogens is 1. The molecule has 3 N–H and O–H groups in total. The highest BCUT2D eigenvalue weighted by atomic mass is 16.5. The molecule has 0 aliphatic rings. The number of amides is 1. The third-order valence-corrected chi connectivity index (χ3v) is 5.70. The lowest BCUT2D eigenvalue weighted by Gasteiger charge is -2.20. The first-order valence-corrected chi connectivity index (χ1v) is 11.4. The van der Waals surface area contributed by atoms with Crippen LogP contribution in [0.4, 0.5) is 0 Å². The van der Waals surface area contributed by atoms with Crippen molar-refractivity contribution in [1.82, 2.24) is 10.3 Å². The van der Waals surface area contributed by atoms with E-state index in [-0.39, 0.29) is 18.6 Å². The van der Waals surface area contributed by atoms with Gasteiger partial charge in [-0.3, -0.25) is 4.79 Å². The number of carbonyl (C=O) groups is 1. The van der Waals surface area contributed by atoms with Gasteiger partial charge in [0.25, 0.3) is 5.91 Å². The molecule has 6 nitrogen and oxygen atoms in total. The number of hydrogen-bond acceptors (Lipinski definition) is 4. The maximum Gasteiger partial charge on any atom is 0.255 e. The molecule has 1 amide bonds. The van der Waals surface area contributed by atoms with E-state index in [0.29, 0.717) is 17.7 Å². The number of para-hydroxylation sites is 2. The van der Waals surface area contributed by atoms with Gasteiger partial charge in [0, 0.05) is 22.7 Å². The van der Waals surface area contributed by atoms with E-state index in [4.69, 9.17) is 9.47 Å². The van der Waals surface area contributed by atoms with Crippen LogP contribution in [0.5, 0.6) is 11.5 Å². The van der Waals surface area contributed by atoms with E-state index < -0.39 is 6.04 Å². The van der Waals surface area contributed by atoms with Gasteiger partial charge in [-0.25, -0.2) is 0 Å². The highest BCUT2D eigenvalue weighted by molar-refractivity contribution is 5.98. The third-order valence-electron chi connectivity index (χ3n) is 5.70. The van der Waals surface area contributed by atoms with Gasteiger partial charge in [0.1, 0.15) is 11.5 Å². The Hall–Kier alpha value is -3.77. The summed E-state index contributed by atoms with van der Waals surface area (Å²) in [6, 6.07) is 20.7. The Balaban J connectivity index is 1.63. The molecule has 4 aromatic rings. The molecule has 0 unspecified atom stereocenters. The van der Waals surface area contributed by atoms with Crippen LogP contribution in [0.3, 0.4) is 0 Å². The van der Waals surface area contributed by atoms with Crippen molar-refractivity contribution in [2.75, 3.05) is 13.7 Å². The number of aliphatic hydroxyl groups is 1. The van der Waals surface area contributed by atoms with Crippen molar-refractivity contribution in [3.63, 3.8) is 0 Å². The van der Waals surface area contributed by atoms with E-state index >= 15 is 0 Å². The topological polar surface area (TPSA) is 83.6 Å². The molecular weight excluding hydrogens is 428 g/mol. The van der Waals surface area contributed by atoms with Crippen LogP contribution in [0.1, 0.15) is 29.8 Å². The number of methoxy groups -OCH3 is 1. The molecule has 0 spiro atoms. The molecule has 4 rings (SSSR count). The summed E-state index contributed by atoms with van der Waals surface area (Å²) in [4.78, 5) is 16.6. The Morgan fingerprint density at radius 3 is 2.56 bits per heavy atom. The van der Waals surface area contributed by atoms with Crippen molar-refractivity contribution in [2.24, 2.45) is 0 Å². The van der Waals surface area contributed by atoms with Gasteiger partial charge in [0.05, 0.1) is 31.4 Å². The zero-order valence-corrected chi connectivity index (χ0v) is 19.7. The predicted octanol–water partition coefficient (Wildman–Crippen LogP) is 4.96. The van der Waals surface area contributed by atoms with Crippen LogP contribution in [0.15, 0.2) is 72.9 Å². The second-order valence-corrected chi connectivity index (χ2v) is 8.49. The zero-order chi connectivity index (χ0) is 24.1. The standard InChI is InChI=1S/C28H30N2O4/c1-18(2)34-27-13-12-19(23-9-5-7-11-26(23)33-3)15-24(27)28(32)30-21(17-31)14-20-16-29-25-10-6-4-8-22(20)25/h4-13,15-16,18,21,29,31H,14,17H2,1-3H3,(H,30,32)/t21-/m1/s1. The molecular formula is C28H30N2O4. The first kappa shape index (κ1) is 23.4. The van der Waals surface area contributed by atoms with E-state index in [0.717, 1.165) is 33.3 Å². The van der Waals surface area contributed by atoms with E-state index in [1.165, 1.54) is 0 Å². The molecule has 176 valence electrons. The molecule has 0 fully saturated rings. The first-order valence-electron chi connectivity index (χ1n) is 11.4. The van der Waals surface area contributed by atoms with Crippen LogP contribution in [-0.2, 0) is 6.42 Å². The molecule has 1 heterocycles. The number of nitrogens with one attached hydrogen (secondary N) is 2. The van der Waals surface area contributed by atoms with Gasteiger partial charge < -0.3 is 24.9 Å². The summed E-state index contributed by atoms with van der Waals surface area (Å²) < 4.78 is 11.4. The van der Waals surface area contributed by atoms with E-state index in [2.05, 4.69) is 10.3 Å². The van der Waals surface area contributed by atoms with Gasteiger partial charge in [-0.05, 0) is 55.7 Å². The normalized spacial score (nSPS) is 12.0. The van der Waals surface area contributed by atoms with Gasteiger partial charge in [-0.2, -0.15) is 0 Å². The number of ether oxygens (including phenoxy) is 2. The number of rotatable bonds is 9. The molecule has 0 saturated heterocycles. The van der Waals surface area contributed by atoms with Gasteiger partial charge in [-0.1, -0.05) is 42.5 Å². The maximum atomic E-state index is 13.4. The van der Waals surface area contributed by atoms with E-state index in [9.17, 15) is 9.90 Å². The highest BCUT2D eigenvalue weighted by Gasteiger charge is 2.20. The largest absolute Gasteiger partial charge is 0.496 e. The van der Waals surface area contributed by atoms with Crippen molar-refractivity contribution in [2.45, 2.75) is 32.4 Å². The zero-order valence-electron chi connectivity index (χ0n) is 19.7. The van der Waals surface area contributed by atoms with E-state index in [1.54, 1.807) is 7.11 Å². The van der Waals surface area contributed by atoms with Crippen LogP contribution in [0.25, 0.3) is 22.0 Å². The summed E-state index contributed by atoms with van der Waals surface area (Å²) in [5.74, 6) is 0.917. The summed E-state index contributed by atoms with van der Waals surface area (Å²) in [7, 11) is 1.62. The Labute approximate surface area is 199 Å². The fraction of sp³-hybridized carbons (Fsp3) is 0.250. The Morgan fingerprint density at radius 2 is 1.79 bits per heavy atom. The lowest BCUT2D eigenvalue weighted by Crippen LogP contribution is -2.39. The Kier molecular flexibility index (Phi) is 7.18. The minimum Gasteiger partial charge on any atom is -0.496 e. The number of carbonyl (C=O) groups excluding carboxylic acids is 1. The van der Waals surface area contributed by atoms with Crippen molar-refractivity contribution in [1.29, 1.82) is 0 Å². The van der Waals surface area contributed by atoms with Gasteiger partial charge in [0.2, 0.25) is 0 Å². The fourth-order valence-corrected chi connectivity index (χ4v) is 4.11. The Bertz CT molecular complexity index is 1280. The molecule has 0 aliphatic carbocycles. The van der Waals surface area contributed by atoms with Crippen molar-refractivity contribution in [3.8, 4) is 22.6 Å². The molecule has 0 aliphatic heterocycles. The number of fused-ring (bicyclic) bond motifs is 1. The van der Waals surface area contributed by atoms with Gasteiger partial charge in [-0.15, -0.1) is 0 Å². The number of aromatic nitrogens is 1. The second kappa shape index (κ2) is 10.4. The number of hydrogen-bond donors (Lipinski definition) is 3. The molecule has 6 heteroatoms. The molecule has 1 atom stereocenters. The summed E-state index contributed by atoms with van der Waals surface area (Å²) in [5, 5.41) is 14.1. The van der Waals surface area contributed by atoms with Crippen LogP contribution >= 0.6 is 0 Å². The quantitative estimate of drug-likeness (QED) is 0.331. The fourth-order valence-electron chi connectivity index (χ4n) is 4.11. The average molecular weight is 459 g/mol. The SMILES string of the molecule is COc1ccccc1-c1ccc(OC(C)C)c(C(=O)N[C@@H](CO)Cc2c[nH]c3ccccc23)c1. The summed E-state index contributed by atoms with van der Waals surface area (Å²) in [6.07, 6.45) is 2.33. The van der Waals surface area contributed by atoms with Crippen molar-refractivity contribution >= 4 is 16.8 Å². The molecule has 0 saturated carbocycles. The minimum absolute atomic E-state index is 0.0940. The monoisotopic (exact) mass is 458 g/mol. The molecule has 3 aromatic carbocycles. The summed E-state index contributed by atoms with van der Waals surface area (Å²) in [6.45, 7) is 3.66. The molecule has 0 bridgehead atoms. The number of aliphatic hydroxyl groups excluding tert-OH is 1. The Morgan fingerprint density at radius 1 is 1.03 bits per heavy atom. The van der Waals surface area contributed by atoms with Gasteiger partial charge in [0.15, 0.2) is 0 Å². The highest BCUT2D eigenvalue weighted by Crippen LogP contribution is 2.33. The molecule has 34 heavy (non-hydrogen) atoms. The molecule has 0 radical (unpaired) electrons. The van der Waals surface area contributed by atoms with Gasteiger partial charge >= 0.3 is 0 Å². The average Bonchev–Trinajstić information content (AvgIpc) is 3.26. The lowest BCUT2D eigenvalue weighted by molar-refractivity contribution is 0.0910.